The summed E-state index contributed by atoms with van der Waals surface area (Å²) in [5.41, 5.74) is -0.150. The van der Waals surface area contributed by atoms with Crippen LogP contribution < -0.4 is 10.2 Å². The highest BCUT2D eigenvalue weighted by molar-refractivity contribution is 6.58. The van der Waals surface area contributed by atoms with E-state index in [2.05, 4.69) is 0 Å². The van der Waals surface area contributed by atoms with Crippen LogP contribution in [0, 0.1) is 11.7 Å². The zero-order valence-electron chi connectivity index (χ0n) is 8.19. The minimum atomic E-state index is -1.80. The third-order valence-electron chi connectivity index (χ3n) is 2.44. The second kappa shape index (κ2) is 4.20. The molecule has 2 N–H and O–H groups in total. The lowest BCUT2D eigenvalue weighted by Gasteiger charge is -2.09. The van der Waals surface area contributed by atoms with Crippen LogP contribution in [0.3, 0.4) is 0 Å². The monoisotopic (exact) mass is 210 g/mol. The lowest BCUT2D eigenvalue weighted by atomic mass is 9.80. The van der Waals surface area contributed by atoms with Gasteiger partial charge < -0.3 is 14.8 Å². The molecule has 1 aromatic carbocycles. The van der Waals surface area contributed by atoms with Crippen molar-refractivity contribution in [2.24, 2.45) is 5.92 Å². The Morgan fingerprint density at radius 2 is 2.13 bits per heavy atom. The van der Waals surface area contributed by atoms with Crippen molar-refractivity contribution < 1.29 is 19.2 Å². The molecular formula is C10H12BFO3. The van der Waals surface area contributed by atoms with Gasteiger partial charge in [-0.2, -0.15) is 0 Å². The fraction of sp³-hybridized carbons (Fsp3) is 0.400. The molecular weight excluding hydrogens is 198 g/mol. The fourth-order valence-corrected chi connectivity index (χ4v) is 1.33. The van der Waals surface area contributed by atoms with Crippen molar-refractivity contribution in [2.45, 2.75) is 12.8 Å². The number of ether oxygens (including phenoxy) is 1. The van der Waals surface area contributed by atoms with Crippen molar-refractivity contribution in [3.8, 4) is 5.75 Å². The Labute approximate surface area is 87.6 Å². The highest BCUT2D eigenvalue weighted by atomic mass is 19.1. The molecule has 2 rings (SSSR count). The molecule has 0 aromatic heterocycles. The standard InChI is InChI=1S/C10H12BFO3/c12-10-8(11(13)14)2-1-3-9(10)15-6-7-4-5-7/h1-3,7,13-14H,4-6H2. The van der Waals surface area contributed by atoms with E-state index in [1.165, 1.54) is 12.1 Å². The first kappa shape index (κ1) is 10.5. The summed E-state index contributed by atoms with van der Waals surface area (Å²) in [5.74, 6) is -0.0623. The van der Waals surface area contributed by atoms with Crippen LogP contribution in [0.15, 0.2) is 18.2 Å². The first-order valence-electron chi connectivity index (χ1n) is 4.96. The number of rotatable bonds is 4. The average Bonchev–Trinajstić information content (AvgIpc) is 2.99. The van der Waals surface area contributed by atoms with Crippen LogP contribution in [0.4, 0.5) is 4.39 Å². The average molecular weight is 210 g/mol. The molecule has 0 atom stereocenters. The molecule has 0 amide bonds. The summed E-state index contributed by atoms with van der Waals surface area (Å²) in [7, 11) is -1.80. The summed E-state index contributed by atoms with van der Waals surface area (Å²) in [6.45, 7) is 0.502. The van der Waals surface area contributed by atoms with Gasteiger partial charge in [-0.25, -0.2) is 4.39 Å². The highest BCUT2D eigenvalue weighted by Gasteiger charge is 2.24. The number of benzene rings is 1. The predicted octanol–water partition coefficient (Wildman–Crippen LogP) is 0.294. The maximum atomic E-state index is 13.5. The first-order valence-corrected chi connectivity index (χ1v) is 4.96. The smallest absolute Gasteiger partial charge is 0.490 e. The van der Waals surface area contributed by atoms with E-state index in [4.69, 9.17) is 14.8 Å². The van der Waals surface area contributed by atoms with Crippen molar-refractivity contribution in [3.05, 3.63) is 24.0 Å². The van der Waals surface area contributed by atoms with Gasteiger partial charge in [0.2, 0.25) is 0 Å². The molecule has 0 heterocycles. The van der Waals surface area contributed by atoms with Crippen LogP contribution in [0.25, 0.3) is 0 Å². The zero-order chi connectivity index (χ0) is 10.8. The minimum absolute atomic E-state index is 0.0903. The van der Waals surface area contributed by atoms with Crippen LogP contribution >= 0.6 is 0 Å². The molecule has 0 saturated heterocycles. The third-order valence-corrected chi connectivity index (χ3v) is 2.44. The summed E-state index contributed by atoms with van der Waals surface area (Å²) in [5, 5.41) is 17.8. The molecule has 80 valence electrons. The minimum Gasteiger partial charge on any atom is -0.490 e. The molecule has 5 heteroatoms. The van der Waals surface area contributed by atoms with Gasteiger partial charge in [0.05, 0.1) is 6.61 Å². The van der Waals surface area contributed by atoms with Crippen molar-refractivity contribution in [1.29, 1.82) is 0 Å². The maximum Gasteiger partial charge on any atom is 0.491 e. The van der Waals surface area contributed by atoms with Crippen LogP contribution in [0.1, 0.15) is 12.8 Å². The molecule has 1 fully saturated rings. The molecule has 0 radical (unpaired) electrons. The third kappa shape index (κ3) is 2.49. The zero-order valence-corrected chi connectivity index (χ0v) is 8.19. The second-order valence-electron chi connectivity index (χ2n) is 3.79. The summed E-state index contributed by atoms with van der Waals surface area (Å²) >= 11 is 0. The Balaban J connectivity index is 2.11. The number of hydrogen-bond acceptors (Lipinski definition) is 3. The molecule has 0 unspecified atom stereocenters. The predicted molar refractivity (Wildman–Crippen MR) is 54.4 cm³/mol. The lowest BCUT2D eigenvalue weighted by molar-refractivity contribution is 0.285. The van der Waals surface area contributed by atoms with Crippen LogP contribution in [-0.4, -0.2) is 23.8 Å². The van der Waals surface area contributed by atoms with E-state index >= 15 is 0 Å². The van der Waals surface area contributed by atoms with Crippen LogP contribution in [0.5, 0.6) is 5.75 Å². The largest absolute Gasteiger partial charge is 0.491 e. The number of hydrogen-bond donors (Lipinski definition) is 2. The van der Waals surface area contributed by atoms with E-state index in [-0.39, 0.29) is 11.2 Å². The van der Waals surface area contributed by atoms with Crippen molar-refractivity contribution in [3.63, 3.8) is 0 Å². The van der Waals surface area contributed by atoms with Crippen molar-refractivity contribution in [2.75, 3.05) is 6.61 Å². The summed E-state index contributed by atoms with van der Waals surface area (Å²) in [6.07, 6.45) is 2.26. The van der Waals surface area contributed by atoms with Gasteiger partial charge in [-0.1, -0.05) is 12.1 Å². The molecule has 0 bridgehead atoms. The SMILES string of the molecule is OB(O)c1cccc(OCC2CC2)c1F. The molecule has 3 nitrogen and oxygen atoms in total. The van der Waals surface area contributed by atoms with E-state index < -0.39 is 12.9 Å². The Bertz CT molecular complexity index is 353. The molecule has 1 saturated carbocycles. The fourth-order valence-electron chi connectivity index (χ4n) is 1.33. The summed E-state index contributed by atoms with van der Waals surface area (Å²) in [4.78, 5) is 0. The van der Waals surface area contributed by atoms with Gasteiger partial charge in [-0.3, -0.25) is 0 Å². The maximum absolute atomic E-state index is 13.5. The van der Waals surface area contributed by atoms with E-state index in [0.29, 0.717) is 12.5 Å². The van der Waals surface area contributed by atoms with Gasteiger partial charge in [-0.05, 0) is 24.8 Å². The molecule has 15 heavy (non-hydrogen) atoms. The molecule has 0 aliphatic heterocycles. The lowest BCUT2D eigenvalue weighted by Crippen LogP contribution is -2.33. The Morgan fingerprint density at radius 3 is 2.73 bits per heavy atom. The number of halogens is 1. The first-order chi connectivity index (χ1) is 7.18. The molecule has 1 aliphatic carbocycles. The summed E-state index contributed by atoms with van der Waals surface area (Å²) < 4.78 is 18.8. The quantitative estimate of drug-likeness (QED) is 0.702. The second-order valence-corrected chi connectivity index (χ2v) is 3.79. The topological polar surface area (TPSA) is 49.7 Å². The van der Waals surface area contributed by atoms with Crippen molar-refractivity contribution in [1.82, 2.24) is 0 Å². The molecule has 1 aromatic rings. The molecule has 0 spiro atoms. The van der Waals surface area contributed by atoms with Gasteiger partial charge >= 0.3 is 7.12 Å². The van der Waals surface area contributed by atoms with E-state index in [1.54, 1.807) is 6.07 Å². The van der Waals surface area contributed by atoms with Gasteiger partial charge in [0.15, 0.2) is 11.6 Å². The van der Waals surface area contributed by atoms with Crippen LogP contribution in [-0.2, 0) is 0 Å². The summed E-state index contributed by atoms with van der Waals surface area (Å²) in [6, 6.07) is 4.35. The van der Waals surface area contributed by atoms with Crippen LogP contribution in [0.2, 0.25) is 0 Å². The van der Waals surface area contributed by atoms with E-state index in [0.717, 1.165) is 12.8 Å². The Morgan fingerprint density at radius 1 is 1.40 bits per heavy atom. The Kier molecular flexibility index (Phi) is 2.93. The van der Waals surface area contributed by atoms with E-state index in [9.17, 15) is 4.39 Å². The van der Waals surface area contributed by atoms with Gasteiger partial charge in [-0.15, -0.1) is 0 Å². The van der Waals surface area contributed by atoms with E-state index in [1.807, 2.05) is 0 Å². The van der Waals surface area contributed by atoms with Gasteiger partial charge in [0, 0.05) is 5.46 Å². The Hall–Kier alpha value is -1.07. The highest BCUT2D eigenvalue weighted by Crippen LogP contribution is 2.29. The normalized spacial score (nSPS) is 15.1. The van der Waals surface area contributed by atoms with Gasteiger partial charge in [0.1, 0.15) is 0 Å². The van der Waals surface area contributed by atoms with Gasteiger partial charge in [0.25, 0.3) is 0 Å². The molecule has 1 aliphatic rings. The van der Waals surface area contributed by atoms with Crippen molar-refractivity contribution >= 4 is 12.6 Å².